The molecule has 126 valence electrons. The molecule has 0 spiro atoms. The average molecular weight is 299 g/mol. The van der Waals surface area contributed by atoms with Gasteiger partial charge < -0.3 is 9.64 Å². The molecule has 21 heavy (non-hydrogen) atoms. The molecule has 2 atom stereocenters. The zero-order valence-corrected chi connectivity index (χ0v) is 15.5. The van der Waals surface area contributed by atoms with E-state index in [9.17, 15) is 4.79 Å². The number of ether oxygens (including phenoxy) is 1. The third kappa shape index (κ3) is 8.45. The van der Waals surface area contributed by atoms with Crippen molar-refractivity contribution in [2.24, 2.45) is 23.2 Å². The smallest absolute Gasteiger partial charge is 0.309 e. The van der Waals surface area contributed by atoms with Crippen molar-refractivity contribution in [1.29, 1.82) is 0 Å². The van der Waals surface area contributed by atoms with E-state index in [2.05, 4.69) is 60.3 Å². The summed E-state index contributed by atoms with van der Waals surface area (Å²) in [6.45, 7) is 20.7. The van der Waals surface area contributed by atoms with Gasteiger partial charge in [0.25, 0.3) is 0 Å². The minimum Gasteiger partial charge on any atom is -0.464 e. The minimum atomic E-state index is -0.0155. The van der Waals surface area contributed by atoms with Crippen LogP contribution in [0.1, 0.15) is 61.8 Å². The Labute approximate surface area is 132 Å². The number of nitrogens with zero attached hydrogens (tertiary/aromatic N) is 1. The number of carbonyl (C=O) groups excluding carboxylic acids is 1. The van der Waals surface area contributed by atoms with Crippen LogP contribution in [0, 0.1) is 23.2 Å². The van der Waals surface area contributed by atoms with Crippen LogP contribution >= 0.6 is 0 Å². The fraction of sp³-hybridized carbons (Fsp3) is 0.944. The first-order chi connectivity index (χ1) is 9.62. The molecular weight excluding hydrogens is 262 g/mol. The van der Waals surface area contributed by atoms with Gasteiger partial charge in [0.1, 0.15) is 6.61 Å². The Hall–Kier alpha value is -0.570. The maximum atomic E-state index is 12.5. The van der Waals surface area contributed by atoms with Gasteiger partial charge in [-0.1, -0.05) is 55.4 Å². The lowest BCUT2D eigenvalue weighted by Crippen LogP contribution is -2.33. The Balaban J connectivity index is 4.58. The van der Waals surface area contributed by atoms with Gasteiger partial charge in [0, 0.05) is 6.54 Å². The van der Waals surface area contributed by atoms with E-state index in [1.807, 2.05) is 0 Å². The molecule has 0 aromatic rings. The lowest BCUT2D eigenvalue weighted by molar-refractivity contribution is -0.152. The van der Waals surface area contributed by atoms with E-state index in [-0.39, 0.29) is 17.3 Å². The summed E-state index contributed by atoms with van der Waals surface area (Å²) in [5, 5.41) is 0. The normalized spacial score (nSPS) is 15.3. The predicted octanol–water partition coefficient (Wildman–Crippen LogP) is 4.22. The highest BCUT2D eigenvalue weighted by atomic mass is 16.5. The Kier molecular flexibility index (Phi) is 9.19. The number of likely N-dealkylation sites (N-methyl/N-ethyl adjacent to an activating group) is 1. The Morgan fingerprint density at radius 2 is 1.62 bits per heavy atom. The molecule has 3 nitrogen and oxygen atoms in total. The van der Waals surface area contributed by atoms with E-state index < -0.39 is 0 Å². The summed E-state index contributed by atoms with van der Waals surface area (Å²) in [6, 6.07) is 0. The highest BCUT2D eigenvalue weighted by Gasteiger charge is 2.32. The molecule has 3 heteroatoms. The van der Waals surface area contributed by atoms with Gasteiger partial charge in [-0.2, -0.15) is 0 Å². The molecule has 2 unspecified atom stereocenters. The summed E-state index contributed by atoms with van der Waals surface area (Å²) in [5.41, 5.74) is 0.145. The highest BCUT2D eigenvalue weighted by Crippen LogP contribution is 2.33. The molecule has 0 aliphatic carbocycles. The SMILES string of the molecule is CCN(CC)CCOC(=O)C(CC(C)(C)C)C(C)C(C)C. The lowest BCUT2D eigenvalue weighted by atomic mass is 9.75. The van der Waals surface area contributed by atoms with Crippen molar-refractivity contribution >= 4 is 5.97 Å². The number of carbonyl (C=O) groups is 1. The minimum absolute atomic E-state index is 0.00158. The highest BCUT2D eigenvalue weighted by molar-refractivity contribution is 5.72. The maximum Gasteiger partial charge on any atom is 0.309 e. The van der Waals surface area contributed by atoms with E-state index >= 15 is 0 Å². The summed E-state index contributed by atoms with van der Waals surface area (Å²) in [4.78, 5) is 14.8. The van der Waals surface area contributed by atoms with Crippen LogP contribution in [0.2, 0.25) is 0 Å². The average Bonchev–Trinajstić information content (AvgIpc) is 2.38. The van der Waals surface area contributed by atoms with Gasteiger partial charge >= 0.3 is 5.97 Å². The quantitative estimate of drug-likeness (QED) is 0.597. The lowest BCUT2D eigenvalue weighted by Gasteiger charge is -2.31. The van der Waals surface area contributed by atoms with Crippen molar-refractivity contribution in [2.45, 2.75) is 61.8 Å². The number of esters is 1. The first-order valence-corrected chi connectivity index (χ1v) is 8.51. The van der Waals surface area contributed by atoms with Gasteiger partial charge in [-0.25, -0.2) is 0 Å². The van der Waals surface area contributed by atoms with Gasteiger partial charge in [0.2, 0.25) is 0 Å². The third-order valence-corrected chi connectivity index (χ3v) is 4.37. The van der Waals surface area contributed by atoms with Crippen LogP contribution in [-0.2, 0) is 9.53 Å². The van der Waals surface area contributed by atoms with Crippen LogP contribution in [0.4, 0.5) is 0 Å². The fourth-order valence-corrected chi connectivity index (χ4v) is 2.53. The van der Waals surface area contributed by atoms with E-state index in [1.165, 1.54) is 0 Å². The monoisotopic (exact) mass is 299 g/mol. The topological polar surface area (TPSA) is 29.5 Å². The van der Waals surface area contributed by atoms with Crippen LogP contribution in [0.25, 0.3) is 0 Å². The number of hydrogen-bond acceptors (Lipinski definition) is 3. The second-order valence-corrected chi connectivity index (χ2v) is 7.67. The molecule has 0 saturated heterocycles. The van der Waals surface area contributed by atoms with Crippen LogP contribution in [0.15, 0.2) is 0 Å². The van der Waals surface area contributed by atoms with E-state index in [4.69, 9.17) is 4.74 Å². The molecule has 0 aromatic carbocycles. The summed E-state index contributed by atoms with van der Waals surface area (Å²) in [5.74, 6) is 0.831. The first-order valence-electron chi connectivity index (χ1n) is 8.51. The van der Waals surface area contributed by atoms with Crippen LogP contribution in [-0.4, -0.2) is 37.1 Å². The Morgan fingerprint density at radius 1 is 1.10 bits per heavy atom. The second-order valence-electron chi connectivity index (χ2n) is 7.67. The van der Waals surface area contributed by atoms with Crippen molar-refractivity contribution in [1.82, 2.24) is 4.90 Å². The third-order valence-electron chi connectivity index (χ3n) is 4.37. The van der Waals surface area contributed by atoms with Crippen molar-refractivity contribution in [3.8, 4) is 0 Å². The molecule has 0 aliphatic heterocycles. The van der Waals surface area contributed by atoms with E-state index in [0.717, 1.165) is 26.1 Å². The van der Waals surface area contributed by atoms with Gasteiger partial charge in [-0.05, 0) is 36.8 Å². The molecule has 0 saturated carbocycles. The summed E-state index contributed by atoms with van der Waals surface area (Å²) < 4.78 is 5.57. The summed E-state index contributed by atoms with van der Waals surface area (Å²) >= 11 is 0. The van der Waals surface area contributed by atoms with Crippen molar-refractivity contribution in [3.05, 3.63) is 0 Å². The Bertz CT molecular complexity index is 290. The van der Waals surface area contributed by atoms with Gasteiger partial charge in [-0.15, -0.1) is 0 Å². The molecule has 0 rings (SSSR count). The molecule has 0 heterocycles. The van der Waals surface area contributed by atoms with Gasteiger partial charge in [-0.3, -0.25) is 4.79 Å². The van der Waals surface area contributed by atoms with Gasteiger partial charge in [0.15, 0.2) is 0 Å². The molecule has 0 bridgehead atoms. The van der Waals surface area contributed by atoms with Crippen molar-refractivity contribution in [3.63, 3.8) is 0 Å². The van der Waals surface area contributed by atoms with E-state index in [0.29, 0.717) is 18.4 Å². The summed E-state index contributed by atoms with van der Waals surface area (Å²) in [6.07, 6.45) is 0.885. The molecular formula is C18H37NO2. The van der Waals surface area contributed by atoms with E-state index in [1.54, 1.807) is 0 Å². The zero-order valence-electron chi connectivity index (χ0n) is 15.5. The molecule has 0 amide bonds. The van der Waals surface area contributed by atoms with Gasteiger partial charge in [0.05, 0.1) is 5.92 Å². The van der Waals surface area contributed by atoms with Crippen LogP contribution in [0.5, 0.6) is 0 Å². The molecule has 0 aromatic heterocycles. The molecule has 0 N–H and O–H groups in total. The zero-order chi connectivity index (χ0) is 16.6. The largest absolute Gasteiger partial charge is 0.464 e. The second kappa shape index (κ2) is 9.45. The maximum absolute atomic E-state index is 12.5. The fourth-order valence-electron chi connectivity index (χ4n) is 2.53. The standard InChI is InChI=1S/C18H37NO2/c1-9-19(10-2)11-12-21-17(20)16(13-18(6,7)8)15(5)14(3)4/h14-16H,9-13H2,1-8H3. The molecule has 0 aliphatic rings. The molecule has 0 radical (unpaired) electrons. The predicted molar refractivity (Wildman–Crippen MR) is 90.3 cm³/mol. The summed E-state index contributed by atoms with van der Waals surface area (Å²) in [7, 11) is 0. The van der Waals surface area contributed by atoms with Crippen LogP contribution < -0.4 is 0 Å². The first kappa shape index (κ1) is 20.4. The number of hydrogen-bond donors (Lipinski definition) is 0. The van der Waals surface area contributed by atoms with Crippen LogP contribution in [0.3, 0.4) is 0 Å². The van der Waals surface area contributed by atoms with Crippen molar-refractivity contribution in [2.75, 3.05) is 26.2 Å². The molecule has 0 fully saturated rings. The number of rotatable bonds is 9. The van der Waals surface area contributed by atoms with Crippen molar-refractivity contribution < 1.29 is 9.53 Å². The Morgan fingerprint density at radius 3 is 2.00 bits per heavy atom.